The van der Waals surface area contributed by atoms with Crippen LogP contribution < -0.4 is 0 Å². The highest BCUT2D eigenvalue weighted by atomic mass is 16.5. The Kier molecular flexibility index (Phi) is 4.98. The SMILES string of the molecule is CC(=O)O[C@@H]1CC[C@@]2(C)C(CC[C@H]3[C@@H]2CC[C@]2(C)C4=Nc5ccc(C(C)(C)C)cc5C4C[C@@H]32)C1. The summed E-state index contributed by atoms with van der Waals surface area (Å²) in [6, 6.07) is 7.08. The summed E-state index contributed by atoms with van der Waals surface area (Å²) in [6.45, 7) is 13.7. The summed E-state index contributed by atoms with van der Waals surface area (Å²) in [6.07, 6.45) is 10.1. The zero-order valence-corrected chi connectivity index (χ0v) is 22.1. The summed E-state index contributed by atoms with van der Waals surface area (Å²) >= 11 is 0. The van der Waals surface area contributed by atoms with Crippen LogP contribution in [-0.2, 0) is 14.9 Å². The molecule has 0 spiro atoms. The molecule has 0 amide bonds. The molecule has 2 unspecified atom stereocenters. The van der Waals surface area contributed by atoms with Crippen molar-refractivity contribution < 1.29 is 9.53 Å². The smallest absolute Gasteiger partial charge is 0.302 e. The van der Waals surface area contributed by atoms with E-state index in [1.54, 1.807) is 6.92 Å². The maximum atomic E-state index is 11.6. The van der Waals surface area contributed by atoms with Crippen LogP contribution in [0.5, 0.6) is 0 Å². The number of carbonyl (C=O) groups is 1. The molecule has 5 aliphatic rings. The van der Waals surface area contributed by atoms with Crippen molar-refractivity contribution in [1.29, 1.82) is 0 Å². The van der Waals surface area contributed by atoms with Gasteiger partial charge in [-0.1, -0.05) is 46.8 Å². The fourth-order valence-electron chi connectivity index (χ4n) is 9.41. The first kappa shape index (κ1) is 22.8. The van der Waals surface area contributed by atoms with Crippen LogP contribution in [0.1, 0.15) is 110 Å². The number of aliphatic imine (C=N–C) groups is 1. The first-order chi connectivity index (χ1) is 16.0. The van der Waals surface area contributed by atoms with E-state index >= 15 is 0 Å². The molecule has 4 aliphatic carbocycles. The van der Waals surface area contributed by atoms with E-state index in [0.717, 1.165) is 30.6 Å². The summed E-state index contributed by atoms with van der Waals surface area (Å²) in [5, 5.41) is 0. The summed E-state index contributed by atoms with van der Waals surface area (Å²) in [4.78, 5) is 16.9. The van der Waals surface area contributed by atoms with Gasteiger partial charge >= 0.3 is 5.97 Å². The van der Waals surface area contributed by atoms with Crippen molar-refractivity contribution >= 4 is 17.4 Å². The molecule has 4 saturated carbocycles. The largest absolute Gasteiger partial charge is 0.463 e. The lowest BCUT2D eigenvalue weighted by Crippen LogP contribution is -2.54. The number of ether oxygens (including phenoxy) is 1. The van der Waals surface area contributed by atoms with Crippen molar-refractivity contribution in [2.24, 2.45) is 39.5 Å². The van der Waals surface area contributed by atoms with Crippen LogP contribution in [-0.4, -0.2) is 17.8 Å². The molecular weight excluding hydrogens is 418 g/mol. The topological polar surface area (TPSA) is 38.7 Å². The summed E-state index contributed by atoms with van der Waals surface area (Å²) < 4.78 is 5.67. The molecule has 1 aromatic rings. The second-order valence-corrected chi connectivity index (χ2v) is 13.9. The molecule has 0 N–H and O–H groups in total. The van der Waals surface area contributed by atoms with Crippen molar-refractivity contribution in [3.05, 3.63) is 29.3 Å². The molecule has 1 aliphatic heterocycles. The molecule has 8 atom stereocenters. The molecule has 0 saturated heterocycles. The lowest BCUT2D eigenvalue weighted by atomic mass is 9.45. The Morgan fingerprint density at radius 2 is 1.82 bits per heavy atom. The average molecular weight is 462 g/mol. The zero-order chi connectivity index (χ0) is 24.0. The predicted molar refractivity (Wildman–Crippen MR) is 138 cm³/mol. The van der Waals surface area contributed by atoms with Gasteiger partial charge in [-0.15, -0.1) is 0 Å². The van der Waals surface area contributed by atoms with Crippen LogP contribution in [0.2, 0.25) is 0 Å². The molecule has 4 fully saturated rings. The number of fused-ring (bicyclic) bond motifs is 9. The Bertz CT molecular complexity index is 1050. The van der Waals surface area contributed by atoms with E-state index in [1.165, 1.54) is 61.1 Å². The van der Waals surface area contributed by atoms with Gasteiger partial charge in [0.15, 0.2) is 0 Å². The van der Waals surface area contributed by atoms with Gasteiger partial charge in [0.1, 0.15) is 6.10 Å². The minimum atomic E-state index is -0.108. The van der Waals surface area contributed by atoms with Gasteiger partial charge < -0.3 is 4.74 Å². The minimum Gasteiger partial charge on any atom is -0.463 e. The highest BCUT2D eigenvalue weighted by Gasteiger charge is 2.62. The van der Waals surface area contributed by atoms with Gasteiger partial charge in [-0.05, 0) is 103 Å². The van der Waals surface area contributed by atoms with Gasteiger partial charge in [-0.2, -0.15) is 0 Å². The first-order valence-corrected chi connectivity index (χ1v) is 13.9. The Morgan fingerprint density at radius 1 is 1.03 bits per heavy atom. The summed E-state index contributed by atoms with van der Waals surface area (Å²) in [5.41, 5.74) is 6.57. The van der Waals surface area contributed by atoms with Crippen LogP contribution in [0.4, 0.5) is 5.69 Å². The van der Waals surface area contributed by atoms with Gasteiger partial charge in [-0.3, -0.25) is 9.79 Å². The third-order valence-corrected chi connectivity index (χ3v) is 11.3. The molecule has 184 valence electrons. The quantitative estimate of drug-likeness (QED) is 0.401. The summed E-state index contributed by atoms with van der Waals surface area (Å²) in [5.74, 6) is 3.56. The van der Waals surface area contributed by atoms with E-state index < -0.39 is 0 Å². The normalized spacial score (nSPS) is 42.6. The third-order valence-electron chi connectivity index (χ3n) is 11.3. The zero-order valence-electron chi connectivity index (χ0n) is 22.1. The molecule has 34 heavy (non-hydrogen) atoms. The van der Waals surface area contributed by atoms with E-state index in [0.29, 0.717) is 17.3 Å². The highest BCUT2D eigenvalue weighted by molar-refractivity contribution is 6.04. The standard InChI is InChI=1S/C31H43NO2/c1-18(33)34-21-11-13-30(5)20(15-21)7-9-22-25(30)12-14-31(6)26(22)17-24-23-16-19(29(2,3)4)8-10-27(23)32-28(24)31/h8,10,16,20-22,24-26H,7,9,11-15,17H2,1-6H3/t20?,21-,22+,24?,25+,26+,30+,31+/m1/s1. The first-order valence-electron chi connectivity index (χ1n) is 13.9. The average Bonchev–Trinajstić information content (AvgIpc) is 3.27. The van der Waals surface area contributed by atoms with Crippen molar-refractivity contribution in [2.45, 2.75) is 110 Å². The predicted octanol–water partition coefficient (Wildman–Crippen LogP) is 7.74. The third kappa shape index (κ3) is 3.21. The highest BCUT2D eigenvalue weighted by Crippen LogP contribution is 2.68. The monoisotopic (exact) mass is 461 g/mol. The Balaban J connectivity index is 1.27. The molecule has 3 nitrogen and oxygen atoms in total. The van der Waals surface area contributed by atoms with E-state index in [2.05, 4.69) is 52.8 Å². The second kappa shape index (κ2) is 7.43. The molecular formula is C31H43NO2. The fourth-order valence-corrected chi connectivity index (χ4v) is 9.41. The maximum absolute atomic E-state index is 11.6. The molecule has 6 rings (SSSR count). The van der Waals surface area contributed by atoms with Crippen LogP contribution >= 0.6 is 0 Å². The van der Waals surface area contributed by atoms with Crippen molar-refractivity contribution in [1.82, 2.24) is 0 Å². The number of benzene rings is 1. The summed E-state index contributed by atoms with van der Waals surface area (Å²) in [7, 11) is 0. The van der Waals surface area contributed by atoms with E-state index in [4.69, 9.17) is 9.73 Å². The van der Waals surface area contributed by atoms with E-state index in [-0.39, 0.29) is 22.9 Å². The van der Waals surface area contributed by atoms with Gasteiger partial charge in [-0.25, -0.2) is 0 Å². The van der Waals surface area contributed by atoms with Gasteiger partial charge in [0, 0.05) is 24.0 Å². The van der Waals surface area contributed by atoms with Gasteiger partial charge in [0.25, 0.3) is 0 Å². The van der Waals surface area contributed by atoms with E-state index in [9.17, 15) is 4.79 Å². The Morgan fingerprint density at radius 3 is 2.56 bits per heavy atom. The van der Waals surface area contributed by atoms with Crippen LogP contribution in [0.25, 0.3) is 0 Å². The molecule has 0 radical (unpaired) electrons. The van der Waals surface area contributed by atoms with Gasteiger partial charge in [0.2, 0.25) is 0 Å². The number of esters is 1. The fraction of sp³-hybridized carbons (Fsp3) is 0.742. The number of rotatable bonds is 1. The van der Waals surface area contributed by atoms with Crippen LogP contribution in [0.3, 0.4) is 0 Å². The van der Waals surface area contributed by atoms with Gasteiger partial charge in [0.05, 0.1) is 5.69 Å². The van der Waals surface area contributed by atoms with Crippen LogP contribution in [0, 0.1) is 34.5 Å². The molecule has 0 bridgehead atoms. The number of nitrogens with zero attached hydrogens (tertiary/aromatic N) is 1. The van der Waals surface area contributed by atoms with Crippen molar-refractivity contribution in [3.8, 4) is 0 Å². The Hall–Kier alpha value is -1.64. The van der Waals surface area contributed by atoms with Crippen molar-refractivity contribution in [2.75, 3.05) is 0 Å². The number of hydrogen-bond acceptors (Lipinski definition) is 3. The molecule has 0 aromatic heterocycles. The molecule has 3 heteroatoms. The number of hydrogen-bond donors (Lipinski definition) is 0. The van der Waals surface area contributed by atoms with Crippen molar-refractivity contribution in [3.63, 3.8) is 0 Å². The second-order valence-electron chi connectivity index (χ2n) is 13.9. The van der Waals surface area contributed by atoms with E-state index in [1.807, 2.05) is 0 Å². The Labute approximate surface area is 206 Å². The lowest BCUT2D eigenvalue weighted by Gasteiger charge is -2.60. The maximum Gasteiger partial charge on any atom is 0.302 e. The lowest BCUT2D eigenvalue weighted by molar-refractivity contribution is -0.158. The van der Waals surface area contributed by atoms with Crippen LogP contribution in [0.15, 0.2) is 23.2 Å². The molecule has 1 aromatic carbocycles. The molecule has 1 heterocycles. The number of carbonyl (C=O) groups excluding carboxylic acids is 1. The minimum absolute atomic E-state index is 0.108.